The van der Waals surface area contributed by atoms with Crippen LogP contribution in [0.3, 0.4) is 0 Å². The zero-order valence-corrected chi connectivity index (χ0v) is 13.5. The first kappa shape index (κ1) is 17.0. The zero-order valence-electron chi connectivity index (χ0n) is 13.5. The largest absolute Gasteiger partial charge is 0.480 e. The molecule has 1 aromatic heterocycles. The molecule has 0 radical (unpaired) electrons. The average Bonchev–Trinajstić information content (AvgIpc) is 2.92. The van der Waals surface area contributed by atoms with E-state index in [1.807, 2.05) is 0 Å². The van der Waals surface area contributed by atoms with E-state index in [-0.39, 0.29) is 18.2 Å². The number of aliphatic carboxylic acids is 1. The first-order valence-electron chi connectivity index (χ1n) is 7.62. The lowest BCUT2D eigenvalue weighted by Gasteiger charge is -2.38. The fourth-order valence-corrected chi connectivity index (χ4v) is 2.98. The summed E-state index contributed by atoms with van der Waals surface area (Å²) in [7, 11) is 3.43. The Bertz CT molecular complexity index is 612. The smallest absolute Gasteiger partial charge is 0.326 e. The number of amides is 2. The van der Waals surface area contributed by atoms with E-state index in [2.05, 4.69) is 10.4 Å². The summed E-state index contributed by atoms with van der Waals surface area (Å²) in [5, 5.41) is 15.8. The van der Waals surface area contributed by atoms with Gasteiger partial charge < -0.3 is 15.3 Å². The molecular weight excluding hydrogens is 300 g/mol. The van der Waals surface area contributed by atoms with Gasteiger partial charge in [0.2, 0.25) is 11.8 Å². The van der Waals surface area contributed by atoms with Gasteiger partial charge in [-0.25, -0.2) is 4.79 Å². The lowest BCUT2D eigenvalue weighted by Crippen LogP contribution is -2.49. The number of hydrogen-bond donors (Lipinski definition) is 2. The van der Waals surface area contributed by atoms with Crippen molar-refractivity contribution in [1.29, 1.82) is 0 Å². The minimum Gasteiger partial charge on any atom is -0.480 e. The molecule has 2 rings (SSSR count). The zero-order chi connectivity index (χ0) is 17.1. The highest BCUT2D eigenvalue weighted by atomic mass is 16.4. The highest BCUT2D eigenvalue weighted by Crippen LogP contribution is 2.35. The van der Waals surface area contributed by atoms with Gasteiger partial charge >= 0.3 is 5.97 Å². The summed E-state index contributed by atoms with van der Waals surface area (Å²) in [6.45, 7) is 1.70. The Morgan fingerprint density at radius 1 is 1.48 bits per heavy atom. The number of carbonyl (C=O) groups excluding carboxylic acids is 2. The molecule has 0 unspecified atom stereocenters. The second-order valence-electron chi connectivity index (χ2n) is 5.85. The van der Waals surface area contributed by atoms with Crippen molar-refractivity contribution in [3.63, 3.8) is 0 Å². The first-order valence-corrected chi connectivity index (χ1v) is 7.62. The molecule has 0 spiro atoms. The van der Waals surface area contributed by atoms with Crippen LogP contribution < -0.4 is 5.32 Å². The summed E-state index contributed by atoms with van der Waals surface area (Å²) in [5.74, 6) is -1.92. The van der Waals surface area contributed by atoms with Gasteiger partial charge in [-0.2, -0.15) is 5.10 Å². The molecule has 0 saturated carbocycles. The van der Waals surface area contributed by atoms with E-state index < -0.39 is 24.0 Å². The van der Waals surface area contributed by atoms with Gasteiger partial charge in [0.25, 0.3) is 0 Å². The Morgan fingerprint density at radius 2 is 2.17 bits per heavy atom. The third kappa shape index (κ3) is 3.52. The molecule has 23 heavy (non-hydrogen) atoms. The van der Waals surface area contributed by atoms with E-state index in [1.165, 1.54) is 0 Å². The van der Waals surface area contributed by atoms with Crippen molar-refractivity contribution in [2.45, 2.75) is 38.3 Å². The summed E-state index contributed by atoms with van der Waals surface area (Å²) < 4.78 is 1.61. The van der Waals surface area contributed by atoms with E-state index in [0.29, 0.717) is 12.8 Å². The Labute approximate surface area is 134 Å². The van der Waals surface area contributed by atoms with Crippen molar-refractivity contribution in [2.75, 3.05) is 7.05 Å². The molecule has 1 aliphatic heterocycles. The van der Waals surface area contributed by atoms with Crippen molar-refractivity contribution in [3.05, 3.63) is 18.0 Å². The maximum atomic E-state index is 12.6. The summed E-state index contributed by atoms with van der Waals surface area (Å²) >= 11 is 0. The highest BCUT2D eigenvalue weighted by Gasteiger charge is 2.40. The quantitative estimate of drug-likeness (QED) is 0.812. The number of carboxylic acid groups (broad SMARTS) is 1. The fraction of sp³-hybridized carbons (Fsp3) is 0.600. The SMILES string of the molecule is CC[C@H](NC(=O)[C@@H]1CCC(=O)N(C)[C@@H]1c1cnn(C)c1)C(=O)O. The van der Waals surface area contributed by atoms with Crippen molar-refractivity contribution in [2.24, 2.45) is 13.0 Å². The number of piperidine rings is 1. The van der Waals surface area contributed by atoms with E-state index in [4.69, 9.17) is 5.11 Å². The Hall–Kier alpha value is -2.38. The van der Waals surface area contributed by atoms with Gasteiger partial charge in [0.1, 0.15) is 6.04 Å². The van der Waals surface area contributed by atoms with E-state index in [0.717, 1.165) is 5.56 Å². The Balaban J connectivity index is 2.25. The van der Waals surface area contributed by atoms with Crippen molar-refractivity contribution in [3.8, 4) is 0 Å². The number of nitrogens with one attached hydrogen (secondary N) is 1. The van der Waals surface area contributed by atoms with Crippen molar-refractivity contribution in [1.82, 2.24) is 20.0 Å². The number of carbonyl (C=O) groups is 3. The number of aromatic nitrogens is 2. The minimum atomic E-state index is -1.06. The van der Waals surface area contributed by atoms with Crippen LogP contribution in [0.2, 0.25) is 0 Å². The molecule has 8 nitrogen and oxygen atoms in total. The van der Waals surface area contributed by atoms with Gasteiger partial charge in [0, 0.05) is 32.3 Å². The molecule has 1 aromatic rings. The molecular formula is C15H22N4O4. The van der Waals surface area contributed by atoms with Crippen LogP contribution in [-0.2, 0) is 21.4 Å². The monoisotopic (exact) mass is 322 g/mol. The molecule has 2 heterocycles. The number of aryl methyl sites for hydroxylation is 1. The van der Waals surface area contributed by atoms with Gasteiger partial charge in [-0.15, -0.1) is 0 Å². The molecule has 126 valence electrons. The maximum absolute atomic E-state index is 12.6. The summed E-state index contributed by atoms with van der Waals surface area (Å²) in [6, 6.07) is -1.35. The third-order valence-corrected chi connectivity index (χ3v) is 4.29. The van der Waals surface area contributed by atoms with Gasteiger partial charge in [0.05, 0.1) is 18.2 Å². The second-order valence-corrected chi connectivity index (χ2v) is 5.85. The van der Waals surface area contributed by atoms with Crippen LogP contribution in [0.5, 0.6) is 0 Å². The van der Waals surface area contributed by atoms with Crippen molar-refractivity contribution < 1.29 is 19.5 Å². The molecule has 1 fully saturated rings. The van der Waals surface area contributed by atoms with Crippen molar-refractivity contribution >= 4 is 17.8 Å². The van der Waals surface area contributed by atoms with Crippen LogP contribution >= 0.6 is 0 Å². The van der Waals surface area contributed by atoms with Gasteiger partial charge in [-0.3, -0.25) is 14.3 Å². The van der Waals surface area contributed by atoms with Crippen LogP contribution in [0.1, 0.15) is 37.8 Å². The molecule has 1 aliphatic rings. The van der Waals surface area contributed by atoms with Crippen LogP contribution in [0.25, 0.3) is 0 Å². The van der Waals surface area contributed by atoms with Crippen LogP contribution in [0.15, 0.2) is 12.4 Å². The molecule has 2 amide bonds. The summed E-state index contributed by atoms with van der Waals surface area (Å²) in [6.07, 6.45) is 4.38. The maximum Gasteiger partial charge on any atom is 0.326 e. The number of likely N-dealkylation sites (tertiary alicyclic amines) is 1. The third-order valence-electron chi connectivity index (χ3n) is 4.29. The van der Waals surface area contributed by atoms with Crippen LogP contribution in [0, 0.1) is 5.92 Å². The normalized spacial score (nSPS) is 22.7. The lowest BCUT2D eigenvalue weighted by atomic mass is 9.85. The molecule has 2 N–H and O–H groups in total. The number of hydrogen-bond acceptors (Lipinski definition) is 4. The standard InChI is InChI=1S/C15H22N4O4/c1-4-11(15(22)23)17-14(21)10-5-6-12(20)19(3)13(10)9-7-16-18(2)8-9/h7-8,10-11,13H,4-6H2,1-3H3,(H,17,21)(H,22,23)/t10-,11+,13-/m1/s1. The highest BCUT2D eigenvalue weighted by molar-refractivity contribution is 5.88. The fourth-order valence-electron chi connectivity index (χ4n) is 2.98. The lowest BCUT2D eigenvalue weighted by molar-refractivity contribution is -0.146. The average molecular weight is 322 g/mol. The van der Waals surface area contributed by atoms with Crippen LogP contribution in [0.4, 0.5) is 0 Å². The molecule has 0 aromatic carbocycles. The predicted molar refractivity (Wildman–Crippen MR) is 81.3 cm³/mol. The van der Waals surface area contributed by atoms with E-state index in [9.17, 15) is 14.4 Å². The number of rotatable bonds is 5. The Kier molecular flexibility index (Phi) is 5.02. The Morgan fingerprint density at radius 3 is 2.70 bits per heavy atom. The summed E-state index contributed by atoms with van der Waals surface area (Å²) in [5.41, 5.74) is 0.770. The van der Waals surface area contributed by atoms with E-state index in [1.54, 1.807) is 43.0 Å². The topological polar surface area (TPSA) is 105 Å². The minimum absolute atomic E-state index is 0.0341. The molecule has 0 aliphatic carbocycles. The van der Waals surface area contributed by atoms with E-state index >= 15 is 0 Å². The van der Waals surface area contributed by atoms with Crippen LogP contribution in [-0.4, -0.2) is 50.7 Å². The second kappa shape index (κ2) is 6.80. The molecule has 0 bridgehead atoms. The molecule has 8 heteroatoms. The predicted octanol–water partition coefficient (Wildman–Crippen LogP) is 0.309. The molecule has 1 saturated heterocycles. The summed E-state index contributed by atoms with van der Waals surface area (Å²) in [4.78, 5) is 37.3. The van der Waals surface area contributed by atoms with Gasteiger partial charge in [0.15, 0.2) is 0 Å². The van der Waals surface area contributed by atoms with Gasteiger partial charge in [-0.05, 0) is 12.8 Å². The molecule has 3 atom stereocenters. The first-order chi connectivity index (χ1) is 10.8. The van der Waals surface area contributed by atoms with Gasteiger partial charge in [-0.1, -0.05) is 6.92 Å². The number of nitrogens with zero attached hydrogens (tertiary/aromatic N) is 3. The number of carboxylic acids is 1.